The van der Waals surface area contributed by atoms with Crippen LogP contribution in [0.5, 0.6) is 0 Å². The summed E-state index contributed by atoms with van der Waals surface area (Å²) >= 11 is 0. The molecule has 2 N–H and O–H groups in total. The summed E-state index contributed by atoms with van der Waals surface area (Å²) in [5, 5.41) is 6.52. The van der Waals surface area contributed by atoms with Crippen LogP contribution in [0.25, 0.3) is 0 Å². The lowest BCUT2D eigenvalue weighted by Crippen LogP contribution is -2.47. The highest BCUT2D eigenvalue weighted by Crippen LogP contribution is 2.24. The Balaban J connectivity index is 0.00000288. The number of halogens is 1. The Kier molecular flexibility index (Phi) is 9.06. The van der Waals surface area contributed by atoms with E-state index >= 15 is 0 Å². The first kappa shape index (κ1) is 21.2. The number of amides is 2. The molecule has 0 spiro atoms. The van der Waals surface area contributed by atoms with Crippen LogP contribution < -0.4 is 10.6 Å². The van der Waals surface area contributed by atoms with E-state index in [0.29, 0.717) is 18.3 Å². The predicted octanol–water partition coefficient (Wildman–Crippen LogP) is 2.20. The number of likely N-dealkylation sites (tertiary alicyclic amines) is 1. The van der Waals surface area contributed by atoms with Crippen molar-refractivity contribution in [3.63, 3.8) is 0 Å². The van der Waals surface area contributed by atoms with Crippen LogP contribution in [0.3, 0.4) is 0 Å². The van der Waals surface area contributed by atoms with Crippen molar-refractivity contribution in [2.75, 3.05) is 26.2 Å². The van der Waals surface area contributed by atoms with Gasteiger partial charge in [-0.15, -0.1) is 12.4 Å². The zero-order chi connectivity index (χ0) is 16.8. The smallest absolute Gasteiger partial charge is 0.222 e. The molecule has 0 radical (unpaired) electrons. The molecule has 0 aromatic heterocycles. The molecule has 2 fully saturated rings. The largest absolute Gasteiger partial charge is 0.353 e. The number of piperidine rings is 2. The summed E-state index contributed by atoms with van der Waals surface area (Å²) in [6, 6.07) is 0.230. The predicted molar refractivity (Wildman–Crippen MR) is 99.2 cm³/mol. The van der Waals surface area contributed by atoms with Crippen LogP contribution in [0.15, 0.2) is 0 Å². The van der Waals surface area contributed by atoms with Gasteiger partial charge in [0.1, 0.15) is 0 Å². The van der Waals surface area contributed by atoms with Gasteiger partial charge in [-0.1, -0.05) is 20.8 Å². The third-order valence-corrected chi connectivity index (χ3v) is 5.35. The molecule has 140 valence electrons. The molecule has 2 aliphatic heterocycles. The molecule has 2 rings (SSSR count). The first-order chi connectivity index (χ1) is 11.0. The number of nitrogens with zero attached hydrogens (tertiary/aromatic N) is 1. The van der Waals surface area contributed by atoms with E-state index in [1.165, 1.54) is 12.8 Å². The number of nitrogens with one attached hydrogen (secondary N) is 2. The van der Waals surface area contributed by atoms with Gasteiger partial charge in [0.05, 0.1) is 0 Å². The van der Waals surface area contributed by atoms with Crippen molar-refractivity contribution >= 4 is 24.2 Å². The number of hydrogen-bond donors (Lipinski definition) is 2. The van der Waals surface area contributed by atoms with E-state index in [-0.39, 0.29) is 36.2 Å². The molecule has 0 aromatic carbocycles. The quantitative estimate of drug-likeness (QED) is 0.791. The first-order valence-electron chi connectivity index (χ1n) is 9.26. The molecule has 6 heteroatoms. The van der Waals surface area contributed by atoms with E-state index in [9.17, 15) is 9.59 Å². The highest BCUT2D eigenvalue weighted by Gasteiger charge is 2.27. The Morgan fingerprint density at radius 2 is 1.83 bits per heavy atom. The molecule has 2 saturated heterocycles. The second kappa shape index (κ2) is 10.2. The van der Waals surface area contributed by atoms with Crippen molar-refractivity contribution in [2.45, 2.75) is 58.9 Å². The molecule has 2 aliphatic rings. The maximum Gasteiger partial charge on any atom is 0.222 e. The van der Waals surface area contributed by atoms with Crippen molar-refractivity contribution in [2.24, 2.45) is 17.8 Å². The van der Waals surface area contributed by atoms with Gasteiger partial charge >= 0.3 is 0 Å². The average molecular weight is 360 g/mol. The van der Waals surface area contributed by atoms with E-state index in [4.69, 9.17) is 0 Å². The normalized spacial score (nSPS) is 23.5. The van der Waals surface area contributed by atoms with E-state index in [0.717, 1.165) is 39.0 Å². The summed E-state index contributed by atoms with van der Waals surface area (Å²) in [6.07, 6.45) is 4.89. The SMILES string of the molecule is CC(C)C(=O)NC1CCN(C(=O)CC(C)C2CCCNC2)CC1.Cl. The fraction of sp³-hybridized carbons (Fsp3) is 0.889. The van der Waals surface area contributed by atoms with Gasteiger partial charge in [0.25, 0.3) is 0 Å². The molecule has 2 atom stereocenters. The fourth-order valence-corrected chi connectivity index (χ4v) is 3.58. The Labute approximate surface area is 152 Å². The van der Waals surface area contributed by atoms with Crippen LogP contribution in [0.2, 0.25) is 0 Å². The van der Waals surface area contributed by atoms with E-state index in [1.54, 1.807) is 0 Å². The van der Waals surface area contributed by atoms with Crippen LogP contribution >= 0.6 is 12.4 Å². The monoisotopic (exact) mass is 359 g/mol. The Bertz CT molecular complexity index is 403. The molecule has 0 bridgehead atoms. The Morgan fingerprint density at radius 3 is 2.38 bits per heavy atom. The maximum atomic E-state index is 12.5. The average Bonchev–Trinajstić information content (AvgIpc) is 2.56. The standard InChI is InChI=1S/C18H33N3O2.ClH/c1-13(2)18(23)20-16-6-9-21(10-7-16)17(22)11-14(3)15-5-4-8-19-12-15;/h13-16,19H,4-12H2,1-3H3,(H,20,23);1H. The van der Waals surface area contributed by atoms with E-state index in [2.05, 4.69) is 17.6 Å². The minimum atomic E-state index is 0. The topological polar surface area (TPSA) is 61.4 Å². The third kappa shape index (κ3) is 6.25. The number of hydrogen-bond acceptors (Lipinski definition) is 3. The van der Waals surface area contributed by atoms with Gasteiger partial charge in [-0.25, -0.2) is 0 Å². The Hall–Kier alpha value is -0.810. The van der Waals surface area contributed by atoms with Crippen molar-refractivity contribution in [3.05, 3.63) is 0 Å². The van der Waals surface area contributed by atoms with Gasteiger partial charge in [0.15, 0.2) is 0 Å². The first-order valence-corrected chi connectivity index (χ1v) is 9.26. The van der Waals surface area contributed by atoms with Gasteiger partial charge < -0.3 is 15.5 Å². The molecular formula is C18H34ClN3O2. The van der Waals surface area contributed by atoms with Gasteiger partial charge in [-0.05, 0) is 50.6 Å². The molecule has 0 aromatic rings. The van der Waals surface area contributed by atoms with Crippen molar-refractivity contribution in [1.29, 1.82) is 0 Å². The summed E-state index contributed by atoms with van der Waals surface area (Å²) in [5.74, 6) is 1.52. The summed E-state index contributed by atoms with van der Waals surface area (Å²) < 4.78 is 0. The minimum absolute atomic E-state index is 0. The zero-order valence-corrected chi connectivity index (χ0v) is 16.2. The van der Waals surface area contributed by atoms with Gasteiger partial charge in [0.2, 0.25) is 11.8 Å². The van der Waals surface area contributed by atoms with Gasteiger partial charge in [0, 0.05) is 31.5 Å². The lowest BCUT2D eigenvalue weighted by Gasteiger charge is -2.34. The maximum absolute atomic E-state index is 12.5. The lowest BCUT2D eigenvalue weighted by atomic mass is 9.85. The van der Waals surface area contributed by atoms with Crippen LogP contribution in [0.1, 0.15) is 52.9 Å². The highest BCUT2D eigenvalue weighted by molar-refractivity contribution is 5.85. The zero-order valence-electron chi connectivity index (χ0n) is 15.3. The van der Waals surface area contributed by atoms with Crippen LogP contribution in [0.4, 0.5) is 0 Å². The molecule has 2 amide bonds. The molecule has 24 heavy (non-hydrogen) atoms. The summed E-state index contributed by atoms with van der Waals surface area (Å²) in [7, 11) is 0. The molecular weight excluding hydrogens is 326 g/mol. The second-order valence-electron chi connectivity index (χ2n) is 7.61. The van der Waals surface area contributed by atoms with E-state index in [1.807, 2.05) is 18.7 Å². The number of rotatable bonds is 5. The molecule has 0 saturated carbocycles. The van der Waals surface area contributed by atoms with Crippen molar-refractivity contribution in [3.8, 4) is 0 Å². The van der Waals surface area contributed by atoms with Gasteiger partial charge in [-0.2, -0.15) is 0 Å². The van der Waals surface area contributed by atoms with Crippen molar-refractivity contribution < 1.29 is 9.59 Å². The minimum Gasteiger partial charge on any atom is -0.353 e. The summed E-state index contributed by atoms with van der Waals surface area (Å²) in [6.45, 7) is 9.76. The van der Waals surface area contributed by atoms with Crippen LogP contribution in [-0.4, -0.2) is 48.9 Å². The number of carbonyl (C=O) groups excluding carboxylic acids is 2. The molecule has 0 aliphatic carbocycles. The molecule has 2 unspecified atom stereocenters. The van der Waals surface area contributed by atoms with Crippen LogP contribution in [0, 0.1) is 17.8 Å². The van der Waals surface area contributed by atoms with Crippen LogP contribution in [-0.2, 0) is 9.59 Å². The third-order valence-electron chi connectivity index (χ3n) is 5.35. The lowest BCUT2D eigenvalue weighted by molar-refractivity contribution is -0.133. The highest BCUT2D eigenvalue weighted by atomic mass is 35.5. The molecule has 2 heterocycles. The van der Waals surface area contributed by atoms with Crippen molar-refractivity contribution in [1.82, 2.24) is 15.5 Å². The Morgan fingerprint density at radius 1 is 1.17 bits per heavy atom. The second-order valence-corrected chi connectivity index (χ2v) is 7.61. The number of carbonyl (C=O) groups is 2. The molecule has 5 nitrogen and oxygen atoms in total. The van der Waals surface area contributed by atoms with E-state index < -0.39 is 0 Å². The fourth-order valence-electron chi connectivity index (χ4n) is 3.58. The van der Waals surface area contributed by atoms with Gasteiger partial charge in [-0.3, -0.25) is 9.59 Å². The summed E-state index contributed by atoms with van der Waals surface area (Å²) in [4.78, 5) is 26.2. The summed E-state index contributed by atoms with van der Waals surface area (Å²) in [5.41, 5.74) is 0.